The average Bonchev–Trinajstić information content (AvgIpc) is 2.53. The number of nitrogens with zero attached hydrogens (tertiary/aromatic N) is 1. The molecular weight excluding hydrogens is 384 g/mol. The second kappa shape index (κ2) is 8.42. The van der Waals surface area contributed by atoms with Crippen LogP contribution in [0.4, 0.5) is 0 Å². The zero-order valence-electron chi connectivity index (χ0n) is 16.2. The summed E-state index contributed by atoms with van der Waals surface area (Å²) in [4.78, 5) is 12.6. The van der Waals surface area contributed by atoms with Crippen LogP contribution in [0.5, 0.6) is 0 Å². The van der Waals surface area contributed by atoms with Gasteiger partial charge >= 0.3 is 0 Å². The molecule has 0 aliphatic heterocycles. The maximum Gasteiger partial charge on any atom is 0.243 e. The van der Waals surface area contributed by atoms with Crippen molar-refractivity contribution in [3.8, 4) is 0 Å². The first-order valence-corrected chi connectivity index (χ1v) is 10.4. The first kappa shape index (κ1) is 21.4. The summed E-state index contributed by atoms with van der Waals surface area (Å²) in [7, 11) is -2.35. The molecule has 1 atom stereocenters. The molecule has 2 aromatic carbocycles. The summed E-state index contributed by atoms with van der Waals surface area (Å²) in [5.41, 5.74) is 3.24. The SMILES string of the molecule is Cc1cc(C)c(S(=O)(=O)N(C)CC(=O)N[C@H](C)c2ccc(Cl)cc2)c(C)c1. The summed E-state index contributed by atoms with van der Waals surface area (Å²) in [6.07, 6.45) is 0. The predicted molar refractivity (Wildman–Crippen MR) is 108 cm³/mol. The molecular formula is C20H25ClN2O3S. The first-order valence-electron chi connectivity index (χ1n) is 8.61. The quantitative estimate of drug-likeness (QED) is 0.791. The van der Waals surface area contributed by atoms with Crippen LogP contribution in [0.25, 0.3) is 0 Å². The van der Waals surface area contributed by atoms with Gasteiger partial charge in [-0.15, -0.1) is 0 Å². The van der Waals surface area contributed by atoms with Gasteiger partial charge in [-0.3, -0.25) is 4.79 Å². The Morgan fingerprint density at radius 1 is 1.11 bits per heavy atom. The molecule has 0 aliphatic rings. The monoisotopic (exact) mass is 408 g/mol. The Morgan fingerprint density at radius 2 is 1.63 bits per heavy atom. The molecule has 0 fully saturated rings. The van der Waals surface area contributed by atoms with Gasteiger partial charge < -0.3 is 5.32 Å². The Balaban J connectivity index is 2.12. The smallest absolute Gasteiger partial charge is 0.243 e. The number of amides is 1. The molecule has 2 aromatic rings. The lowest BCUT2D eigenvalue weighted by molar-refractivity contribution is -0.121. The molecule has 27 heavy (non-hydrogen) atoms. The summed E-state index contributed by atoms with van der Waals surface area (Å²) in [6.45, 7) is 7.04. The molecule has 7 heteroatoms. The topological polar surface area (TPSA) is 66.5 Å². The van der Waals surface area contributed by atoms with Crippen molar-refractivity contribution in [2.75, 3.05) is 13.6 Å². The highest BCUT2D eigenvalue weighted by Crippen LogP contribution is 2.24. The lowest BCUT2D eigenvalue weighted by atomic mass is 10.1. The number of nitrogens with one attached hydrogen (secondary N) is 1. The van der Waals surface area contributed by atoms with Crippen LogP contribution in [0.15, 0.2) is 41.3 Å². The van der Waals surface area contributed by atoms with Gasteiger partial charge in [0.25, 0.3) is 0 Å². The van der Waals surface area contributed by atoms with Crippen LogP contribution in [-0.4, -0.2) is 32.2 Å². The third-order valence-corrected chi connectivity index (χ3v) is 6.75. The molecule has 0 unspecified atom stereocenters. The van der Waals surface area contributed by atoms with Crippen LogP contribution < -0.4 is 5.32 Å². The lowest BCUT2D eigenvalue weighted by Crippen LogP contribution is -2.39. The van der Waals surface area contributed by atoms with Gasteiger partial charge in [-0.2, -0.15) is 4.31 Å². The van der Waals surface area contributed by atoms with Crippen LogP contribution in [0.2, 0.25) is 5.02 Å². The molecule has 0 saturated heterocycles. The van der Waals surface area contributed by atoms with E-state index in [9.17, 15) is 13.2 Å². The lowest BCUT2D eigenvalue weighted by Gasteiger charge is -2.21. The fourth-order valence-corrected chi connectivity index (χ4v) is 4.80. The minimum Gasteiger partial charge on any atom is -0.348 e. The highest BCUT2D eigenvalue weighted by molar-refractivity contribution is 7.89. The molecule has 5 nitrogen and oxygen atoms in total. The van der Waals surface area contributed by atoms with E-state index in [2.05, 4.69) is 5.32 Å². The van der Waals surface area contributed by atoms with Crippen molar-refractivity contribution < 1.29 is 13.2 Å². The van der Waals surface area contributed by atoms with Crippen LogP contribution in [0.3, 0.4) is 0 Å². The average molecular weight is 409 g/mol. The number of hydrogen-bond acceptors (Lipinski definition) is 3. The first-order chi connectivity index (χ1) is 12.5. The van der Waals surface area contributed by atoms with E-state index >= 15 is 0 Å². The van der Waals surface area contributed by atoms with E-state index in [0.29, 0.717) is 16.1 Å². The second-order valence-corrected chi connectivity index (χ2v) is 9.25. The Morgan fingerprint density at radius 3 is 2.15 bits per heavy atom. The van der Waals surface area contributed by atoms with E-state index in [4.69, 9.17) is 11.6 Å². The number of aryl methyl sites for hydroxylation is 3. The molecule has 146 valence electrons. The van der Waals surface area contributed by atoms with Crippen LogP contribution in [0, 0.1) is 20.8 Å². The summed E-state index contributed by atoms with van der Waals surface area (Å²) >= 11 is 5.87. The number of benzene rings is 2. The third kappa shape index (κ3) is 5.09. The Bertz CT molecular complexity index is 917. The number of likely N-dealkylation sites (N-methyl/N-ethyl adjacent to an activating group) is 1. The van der Waals surface area contributed by atoms with Gasteiger partial charge in [0.1, 0.15) is 0 Å². The van der Waals surface area contributed by atoms with E-state index in [1.54, 1.807) is 26.0 Å². The Labute approximate surface area is 166 Å². The van der Waals surface area contributed by atoms with Crippen molar-refractivity contribution in [1.82, 2.24) is 9.62 Å². The Kier molecular flexibility index (Phi) is 6.68. The second-order valence-electron chi connectivity index (χ2n) is 6.83. The number of carbonyl (C=O) groups is 1. The zero-order valence-corrected chi connectivity index (χ0v) is 17.8. The number of halogens is 1. The normalized spacial score (nSPS) is 12.9. The number of rotatable bonds is 6. The minimum atomic E-state index is -3.76. The standard InChI is InChI=1S/C20H25ClN2O3S/c1-13-10-14(2)20(15(3)11-13)27(25,26)23(5)12-19(24)22-16(4)17-6-8-18(21)9-7-17/h6-11,16H,12H2,1-5H3,(H,22,24)/t16-/m1/s1. The van der Waals surface area contributed by atoms with Crippen molar-refractivity contribution >= 4 is 27.5 Å². The largest absolute Gasteiger partial charge is 0.348 e. The van der Waals surface area contributed by atoms with Crippen LogP contribution >= 0.6 is 11.6 Å². The fourth-order valence-electron chi connectivity index (χ4n) is 3.14. The van der Waals surface area contributed by atoms with E-state index in [-0.39, 0.29) is 23.4 Å². The van der Waals surface area contributed by atoms with Crippen LogP contribution in [-0.2, 0) is 14.8 Å². The third-order valence-electron chi connectivity index (χ3n) is 4.39. The molecule has 0 bridgehead atoms. The van der Waals surface area contributed by atoms with Crippen molar-refractivity contribution in [2.45, 2.75) is 38.6 Å². The van der Waals surface area contributed by atoms with Gasteiger partial charge in [-0.25, -0.2) is 8.42 Å². The van der Waals surface area contributed by atoms with E-state index in [0.717, 1.165) is 15.4 Å². The van der Waals surface area contributed by atoms with Gasteiger partial charge in [0, 0.05) is 12.1 Å². The van der Waals surface area contributed by atoms with Gasteiger partial charge in [-0.05, 0) is 56.5 Å². The van der Waals surface area contributed by atoms with Gasteiger partial charge in [0.05, 0.1) is 17.5 Å². The maximum atomic E-state index is 12.9. The molecule has 0 heterocycles. The Hall–Kier alpha value is -1.89. The molecule has 0 saturated carbocycles. The molecule has 0 aromatic heterocycles. The van der Waals surface area contributed by atoms with Crippen molar-refractivity contribution in [3.63, 3.8) is 0 Å². The van der Waals surface area contributed by atoms with E-state index in [1.807, 2.05) is 38.1 Å². The summed E-state index contributed by atoms with van der Waals surface area (Å²) < 4.78 is 27.0. The number of sulfonamides is 1. The van der Waals surface area contributed by atoms with Crippen molar-refractivity contribution in [2.24, 2.45) is 0 Å². The molecule has 2 rings (SSSR count). The fraction of sp³-hybridized carbons (Fsp3) is 0.350. The van der Waals surface area contributed by atoms with Crippen molar-refractivity contribution in [1.29, 1.82) is 0 Å². The minimum absolute atomic E-state index is 0.256. The highest BCUT2D eigenvalue weighted by atomic mass is 35.5. The van der Waals surface area contributed by atoms with Gasteiger partial charge in [-0.1, -0.05) is 41.4 Å². The molecule has 0 radical (unpaired) electrons. The molecule has 1 N–H and O–H groups in total. The summed E-state index contributed by atoms with van der Waals surface area (Å²) in [6, 6.07) is 10.6. The van der Waals surface area contributed by atoms with Gasteiger partial charge in [0.2, 0.25) is 15.9 Å². The predicted octanol–water partition coefficient (Wildman–Crippen LogP) is 3.76. The molecule has 1 amide bonds. The maximum absolute atomic E-state index is 12.9. The number of carbonyl (C=O) groups excluding carboxylic acids is 1. The van der Waals surface area contributed by atoms with E-state index in [1.165, 1.54) is 7.05 Å². The molecule has 0 spiro atoms. The van der Waals surface area contributed by atoms with E-state index < -0.39 is 10.0 Å². The summed E-state index contributed by atoms with van der Waals surface area (Å²) in [5.74, 6) is -0.369. The van der Waals surface area contributed by atoms with Crippen LogP contribution in [0.1, 0.15) is 35.2 Å². The summed E-state index contributed by atoms with van der Waals surface area (Å²) in [5, 5.41) is 3.44. The number of hydrogen-bond donors (Lipinski definition) is 1. The van der Waals surface area contributed by atoms with Gasteiger partial charge in [0.15, 0.2) is 0 Å². The van der Waals surface area contributed by atoms with Crippen molar-refractivity contribution in [3.05, 3.63) is 63.7 Å². The zero-order chi connectivity index (χ0) is 20.4. The molecule has 0 aliphatic carbocycles. The highest BCUT2D eigenvalue weighted by Gasteiger charge is 2.27.